The Morgan fingerprint density at radius 2 is 0.570 bits per heavy atom. The van der Waals surface area contributed by atoms with Crippen LogP contribution in [0.15, 0.2) is 359 Å². The molecule has 22 aromatic rings. The fourth-order valence-corrected chi connectivity index (χ4v) is 15.3. The van der Waals surface area contributed by atoms with Crippen LogP contribution in [0, 0.1) is 0 Å². The zero-order chi connectivity index (χ0) is 70.5. The van der Waals surface area contributed by atoms with E-state index in [0.29, 0.717) is 34.9 Å². The molecular weight excluding hydrogens is 1320 g/mol. The molecule has 8 aromatic heterocycles. The Hall–Kier alpha value is -14.8. The number of furan rings is 3. The third-order valence-electron chi connectivity index (χ3n) is 20.4. The zero-order valence-electron chi connectivity index (χ0n) is 57.2. The lowest BCUT2D eigenvalue weighted by Crippen LogP contribution is -2.01. The molecule has 0 saturated carbocycles. The smallest absolute Gasteiger partial charge is 0.165 e. The summed E-state index contributed by atoms with van der Waals surface area (Å²) in [5, 5.41) is 11.2. The van der Waals surface area contributed by atoms with Gasteiger partial charge >= 0.3 is 0 Å². The summed E-state index contributed by atoms with van der Waals surface area (Å²) < 4.78 is 23.0. The average Bonchev–Trinajstić information content (AvgIpc) is 1.60. The van der Waals surface area contributed by atoms with Crippen LogP contribution in [-0.2, 0) is 0 Å². The Kier molecular flexibility index (Phi) is 14.3. The molecule has 0 bridgehead atoms. The number of hydrogen-bond donors (Lipinski definition) is 0. The van der Waals surface area contributed by atoms with Gasteiger partial charge in [-0.25, -0.2) is 34.9 Å². The normalized spacial score (nSPS) is 11.7. The minimum Gasteiger partial charge on any atom is -0.456 e. The van der Waals surface area contributed by atoms with Crippen molar-refractivity contribution in [3.05, 3.63) is 346 Å². The van der Waals surface area contributed by atoms with E-state index in [-0.39, 0.29) is 0 Å². The Bertz CT molecular complexity index is 7200. The first-order valence-electron chi connectivity index (χ1n) is 35.6. The quantitative estimate of drug-likeness (QED) is 0.130. The molecule has 14 aromatic carbocycles. The van der Waals surface area contributed by atoms with E-state index < -0.39 is 0 Å². The number of fused-ring (bicyclic) bond motifs is 15. The highest BCUT2D eigenvalue weighted by molar-refractivity contribution is 6.15. The van der Waals surface area contributed by atoms with E-state index in [2.05, 4.69) is 191 Å². The molecular formula is C95H57N9O3. The first-order valence-corrected chi connectivity index (χ1v) is 35.6. The molecule has 0 aliphatic carbocycles. The molecule has 0 aliphatic heterocycles. The third kappa shape index (κ3) is 10.6. The van der Waals surface area contributed by atoms with E-state index in [9.17, 15) is 0 Å². The number of pyridine rings is 1. The van der Waals surface area contributed by atoms with Gasteiger partial charge in [0, 0.05) is 99.1 Å². The molecule has 0 aliphatic rings. The van der Waals surface area contributed by atoms with Crippen LogP contribution in [0.2, 0.25) is 0 Å². The van der Waals surface area contributed by atoms with Crippen LogP contribution in [0.3, 0.4) is 0 Å². The van der Waals surface area contributed by atoms with E-state index in [1.165, 1.54) is 21.5 Å². The molecule has 0 amide bonds. The maximum Gasteiger partial charge on any atom is 0.165 e. The molecule has 0 saturated heterocycles. The first-order chi connectivity index (χ1) is 53.0. The maximum absolute atomic E-state index is 6.26. The van der Waals surface area contributed by atoms with Gasteiger partial charge < -0.3 is 17.8 Å². The molecule has 0 atom stereocenters. The molecule has 22 rings (SSSR count). The van der Waals surface area contributed by atoms with Gasteiger partial charge in [0.15, 0.2) is 34.9 Å². The van der Waals surface area contributed by atoms with Crippen molar-refractivity contribution in [2.24, 2.45) is 0 Å². The van der Waals surface area contributed by atoms with Crippen LogP contribution in [0.5, 0.6) is 0 Å². The summed E-state index contributed by atoms with van der Waals surface area (Å²) in [6.07, 6.45) is 1.85. The van der Waals surface area contributed by atoms with Crippen molar-refractivity contribution < 1.29 is 13.3 Å². The Balaban J connectivity index is 0.000000138. The average molecular weight is 1370 g/mol. The number of hydrogen-bond acceptors (Lipinski definition) is 10. The molecule has 0 unspecified atom stereocenters. The summed E-state index contributed by atoms with van der Waals surface area (Å²) in [4.78, 5) is 35.0. The second kappa shape index (κ2) is 25.1. The van der Waals surface area contributed by atoms with E-state index in [0.717, 1.165) is 155 Å². The van der Waals surface area contributed by atoms with Gasteiger partial charge in [0.2, 0.25) is 0 Å². The Morgan fingerprint density at radius 3 is 1.10 bits per heavy atom. The number of para-hydroxylation sites is 5. The maximum atomic E-state index is 6.26. The van der Waals surface area contributed by atoms with E-state index in [4.69, 9.17) is 48.1 Å². The fourth-order valence-electron chi connectivity index (χ4n) is 15.3. The summed E-state index contributed by atoms with van der Waals surface area (Å²) in [7, 11) is 0. The van der Waals surface area contributed by atoms with Crippen molar-refractivity contribution in [2.45, 2.75) is 0 Å². The largest absolute Gasteiger partial charge is 0.456 e. The summed E-state index contributed by atoms with van der Waals surface area (Å²) in [5.41, 5.74) is 20.6. The predicted octanol–water partition coefficient (Wildman–Crippen LogP) is 24.4. The standard InChI is InChI=1S/C51H30N4O2.C44H27N5O/c1-2-12-31(13-3-1)49-52-50(54-51(53-49)39-19-11-23-47-48(39)38-18-6-9-22-45(38)57-47)34-14-10-15-35(28-34)55-42-20-7-4-16-36(42)40-29-32(24-26-43(40)55)33-25-27-46-41(30-33)37-17-5-8-21-44(37)56-46;1-3-11-28(12-4-1)42-46-43(29-13-5-2-6-14-29)48-44(47-42)32-21-24-41(45-27-32)49-37-17-9-7-15-33(37)35-25-30(19-22-38(35)49)31-20-23-40-36(26-31)34-16-8-10-18-39(34)50-40/h1-30H;1-27H. The molecule has 500 valence electrons. The summed E-state index contributed by atoms with van der Waals surface area (Å²) in [6, 6.07) is 117. The topological polar surface area (TPSA) is 140 Å². The van der Waals surface area contributed by atoms with Crippen LogP contribution < -0.4 is 0 Å². The number of benzene rings is 14. The predicted molar refractivity (Wildman–Crippen MR) is 431 cm³/mol. The summed E-state index contributed by atoms with van der Waals surface area (Å²) >= 11 is 0. The highest BCUT2D eigenvalue weighted by atomic mass is 16.3. The number of rotatable bonds is 10. The van der Waals surface area contributed by atoms with Gasteiger partial charge in [-0.1, -0.05) is 231 Å². The minimum atomic E-state index is 0.575. The van der Waals surface area contributed by atoms with Crippen LogP contribution in [0.4, 0.5) is 0 Å². The molecule has 0 N–H and O–H groups in total. The molecule has 12 heteroatoms. The lowest BCUT2D eigenvalue weighted by atomic mass is 10.0. The molecule has 0 fully saturated rings. The van der Waals surface area contributed by atoms with Gasteiger partial charge in [-0.15, -0.1) is 0 Å². The molecule has 0 spiro atoms. The highest BCUT2D eigenvalue weighted by Crippen LogP contribution is 2.42. The van der Waals surface area contributed by atoms with Gasteiger partial charge in [-0.05, 0) is 131 Å². The zero-order valence-corrected chi connectivity index (χ0v) is 57.2. The highest BCUT2D eigenvalue weighted by Gasteiger charge is 2.22. The molecule has 8 heterocycles. The van der Waals surface area contributed by atoms with Gasteiger partial charge in [0.25, 0.3) is 0 Å². The monoisotopic (exact) mass is 1370 g/mol. The molecule has 12 nitrogen and oxygen atoms in total. The van der Waals surface area contributed by atoms with Crippen LogP contribution in [0.25, 0.3) is 212 Å². The second-order valence-electron chi connectivity index (χ2n) is 26.7. The van der Waals surface area contributed by atoms with Crippen LogP contribution >= 0.6 is 0 Å². The van der Waals surface area contributed by atoms with Gasteiger partial charge in [0.05, 0.1) is 22.1 Å². The summed E-state index contributed by atoms with van der Waals surface area (Å²) in [6.45, 7) is 0. The first kappa shape index (κ1) is 61.0. The van der Waals surface area contributed by atoms with Crippen molar-refractivity contribution >= 4 is 109 Å². The van der Waals surface area contributed by atoms with Crippen molar-refractivity contribution in [3.8, 4) is 102 Å². The van der Waals surface area contributed by atoms with Gasteiger partial charge in [-0.3, -0.25) is 4.57 Å². The third-order valence-corrected chi connectivity index (χ3v) is 20.4. The van der Waals surface area contributed by atoms with Gasteiger partial charge in [-0.2, -0.15) is 0 Å². The van der Waals surface area contributed by atoms with Crippen molar-refractivity contribution in [1.82, 2.24) is 44.0 Å². The number of nitrogens with zero attached hydrogens (tertiary/aromatic N) is 9. The van der Waals surface area contributed by atoms with E-state index in [1.807, 2.05) is 164 Å². The molecule has 0 radical (unpaired) electrons. The fraction of sp³-hybridized carbons (Fsp3) is 0. The lowest BCUT2D eigenvalue weighted by Gasteiger charge is -2.12. The Morgan fingerprint density at radius 1 is 0.206 bits per heavy atom. The van der Waals surface area contributed by atoms with Crippen molar-refractivity contribution in [3.63, 3.8) is 0 Å². The van der Waals surface area contributed by atoms with Crippen molar-refractivity contribution in [1.29, 1.82) is 0 Å². The van der Waals surface area contributed by atoms with E-state index >= 15 is 0 Å². The SMILES string of the molecule is c1ccc(-c2nc(-c3cccc(-n4c5ccccc5c5cc(-c6ccc7oc8ccccc8c7c6)ccc54)c3)nc(-c3cccc4oc5ccccc5c34)n2)cc1.c1ccc(-c2nc(-c3ccccc3)nc(-c3ccc(-n4c5ccccc5c5cc(-c6ccc7oc8ccccc8c7c6)ccc54)nc3)n2)cc1. The second-order valence-corrected chi connectivity index (χ2v) is 26.7. The number of aromatic nitrogens is 9. The van der Waals surface area contributed by atoms with E-state index in [1.54, 1.807) is 0 Å². The molecule has 107 heavy (non-hydrogen) atoms. The minimum absolute atomic E-state index is 0.575. The van der Waals surface area contributed by atoms with Gasteiger partial charge in [0.1, 0.15) is 39.3 Å². The lowest BCUT2D eigenvalue weighted by molar-refractivity contribution is 0.668. The van der Waals surface area contributed by atoms with Crippen LogP contribution in [-0.4, -0.2) is 44.0 Å². The van der Waals surface area contributed by atoms with Crippen LogP contribution in [0.1, 0.15) is 0 Å². The Labute approximate surface area is 611 Å². The summed E-state index contributed by atoms with van der Waals surface area (Å²) in [5.74, 6) is 4.43. The van der Waals surface area contributed by atoms with Crippen molar-refractivity contribution in [2.75, 3.05) is 0 Å².